The van der Waals surface area contributed by atoms with Crippen molar-refractivity contribution in [2.75, 3.05) is 5.32 Å². The highest BCUT2D eigenvalue weighted by Gasteiger charge is 2.13. The minimum absolute atomic E-state index is 0.0353. The average Bonchev–Trinajstić information content (AvgIpc) is 2.75. The molecule has 0 spiro atoms. The van der Waals surface area contributed by atoms with Gasteiger partial charge in [0.25, 0.3) is 11.8 Å². The molecule has 2 amide bonds. The fourth-order valence-electron chi connectivity index (χ4n) is 3.33. The molecule has 8 nitrogen and oxygen atoms in total. The summed E-state index contributed by atoms with van der Waals surface area (Å²) < 4.78 is 0. The number of aromatic nitrogens is 4. The Bertz CT molecular complexity index is 1350. The number of nitrogens with one attached hydrogen (secondary N) is 1. The first kappa shape index (κ1) is 20.1. The van der Waals surface area contributed by atoms with Gasteiger partial charge in [-0.05, 0) is 68.3 Å². The van der Waals surface area contributed by atoms with E-state index in [-0.39, 0.29) is 11.6 Å². The number of hydrogen-bond acceptors (Lipinski definition) is 6. The molecule has 0 aliphatic carbocycles. The number of primary amides is 1. The van der Waals surface area contributed by atoms with E-state index in [0.29, 0.717) is 17.1 Å². The third kappa shape index (κ3) is 4.09. The van der Waals surface area contributed by atoms with Crippen LogP contribution in [0.15, 0.2) is 48.8 Å². The molecule has 1 aromatic carbocycles. The predicted molar refractivity (Wildman–Crippen MR) is 118 cm³/mol. The minimum atomic E-state index is -0.689. The van der Waals surface area contributed by atoms with Crippen LogP contribution in [0.3, 0.4) is 0 Å². The van der Waals surface area contributed by atoms with Gasteiger partial charge in [0, 0.05) is 28.7 Å². The Labute approximate surface area is 178 Å². The lowest BCUT2D eigenvalue weighted by Crippen LogP contribution is -2.17. The van der Waals surface area contributed by atoms with Crippen molar-refractivity contribution in [1.82, 2.24) is 19.9 Å². The van der Waals surface area contributed by atoms with E-state index in [2.05, 4.69) is 25.3 Å². The molecular formula is C23H20N6O2. The lowest BCUT2D eigenvalue weighted by molar-refractivity contribution is 0.0995. The summed E-state index contributed by atoms with van der Waals surface area (Å²) in [7, 11) is 0. The van der Waals surface area contributed by atoms with Crippen LogP contribution in [0.4, 0.5) is 5.69 Å². The van der Waals surface area contributed by atoms with Crippen LogP contribution in [-0.4, -0.2) is 31.8 Å². The number of rotatable bonds is 4. The maximum atomic E-state index is 12.6. The van der Waals surface area contributed by atoms with Crippen LogP contribution in [0.5, 0.6) is 0 Å². The van der Waals surface area contributed by atoms with Gasteiger partial charge in [0.05, 0.1) is 11.7 Å². The molecule has 3 aromatic heterocycles. The van der Waals surface area contributed by atoms with Gasteiger partial charge in [0.1, 0.15) is 11.2 Å². The number of pyridine rings is 2. The van der Waals surface area contributed by atoms with E-state index in [0.717, 1.165) is 33.4 Å². The molecule has 4 rings (SSSR count). The molecule has 3 heterocycles. The Balaban J connectivity index is 1.61. The number of amides is 2. The fourth-order valence-corrected chi connectivity index (χ4v) is 3.33. The van der Waals surface area contributed by atoms with Crippen LogP contribution < -0.4 is 11.1 Å². The molecule has 0 radical (unpaired) electrons. The lowest BCUT2D eigenvalue weighted by atomic mass is 10.1. The molecule has 0 fully saturated rings. The van der Waals surface area contributed by atoms with Crippen LogP contribution in [0.25, 0.3) is 22.4 Å². The largest absolute Gasteiger partial charge is 0.364 e. The summed E-state index contributed by atoms with van der Waals surface area (Å²) in [6.07, 6.45) is 3.10. The molecule has 0 aliphatic heterocycles. The molecule has 154 valence electrons. The van der Waals surface area contributed by atoms with Crippen molar-refractivity contribution in [2.24, 2.45) is 5.73 Å². The number of nitrogens with two attached hydrogens (primary N) is 1. The fraction of sp³-hybridized carbons (Fsp3) is 0.130. The highest BCUT2D eigenvalue weighted by atomic mass is 16.2. The first-order valence-corrected chi connectivity index (χ1v) is 9.61. The first-order valence-electron chi connectivity index (χ1n) is 9.61. The van der Waals surface area contributed by atoms with Gasteiger partial charge in [-0.3, -0.25) is 14.6 Å². The third-order valence-electron chi connectivity index (χ3n) is 4.87. The van der Waals surface area contributed by atoms with Crippen molar-refractivity contribution in [1.29, 1.82) is 0 Å². The lowest BCUT2D eigenvalue weighted by Gasteiger charge is -2.11. The number of nitrogens with zero attached hydrogens (tertiary/aromatic N) is 4. The highest BCUT2D eigenvalue weighted by molar-refractivity contribution is 6.06. The van der Waals surface area contributed by atoms with Crippen molar-refractivity contribution >= 4 is 28.5 Å². The second-order valence-electron chi connectivity index (χ2n) is 7.29. The summed E-state index contributed by atoms with van der Waals surface area (Å²) in [6.45, 7) is 5.83. The number of carbonyl (C=O) groups excluding carboxylic acids is 2. The maximum Gasteiger partial charge on any atom is 0.267 e. The summed E-state index contributed by atoms with van der Waals surface area (Å²) in [5.74, 6) is -0.464. The monoisotopic (exact) mass is 412 g/mol. The van der Waals surface area contributed by atoms with Gasteiger partial charge in [-0.2, -0.15) is 0 Å². The number of carbonyl (C=O) groups is 2. The Kier molecular flexibility index (Phi) is 5.12. The van der Waals surface area contributed by atoms with E-state index < -0.39 is 5.91 Å². The van der Waals surface area contributed by atoms with E-state index in [4.69, 9.17) is 5.73 Å². The predicted octanol–water partition coefficient (Wildman–Crippen LogP) is 3.36. The van der Waals surface area contributed by atoms with Crippen LogP contribution in [0.1, 0.15) is 37.7 Å². The van der Waals surface area contributed by atoms with Gasteiger partial charge >= 0.3 is 0 Å². The van der Waals surface area contributed by atoms with E-state index in [1.807, 2.05) is 39.0 Å². The van der Waals surface area contributed by atoms with Crippen LogP contribution >= 0.6 is 0 Å². The summed E-state index contributed by atoms with van der Waals surface area (Å²) >= 11 is 0. The summed E-state index contributed by atoms with van der Waals surface area (Å²) in [4.78, 5) is 41.3. The Morgan fingerprint density at radius 3 is 2.48 bits per heavy atom. The number of aryl methyl sites for hydroxylation is 3. The molecule has 0 atom stereocenters. The Morgan fingerprint density at radius 1 is 0.935 bits per heavy atom. The highest BCUT2D eigenvalue weighted by Crippen LogP contribution is 2.25. The van der Waals surface area contributed by atoms with Crippen molar-refractivity contribution in [3.8, 4) is 11.4 Å². The Hall–Kier alpha value is -4.20. The topological polar surface area (TPSA) is 124 Å². The first-order chi connectivity index (χ1) is 14.8. The van der Waals surface area contributed by atoms with Crippen LogP contribution in [0, 0.1) is 20.8 Å². The number of fused-ring (bicyclic) bond motifs is 1. The zero-order valence-corrected chi connectivity index (χ0v) is 17.3. The molecule has 3 N–H and O–H groups in total. The molecule has 0 aliphatic rings. The zero-order chi connectivity index (χ0) is 22.1. The minimum Gasteiger partial charge on any atom is -0.364 e. The van der Waals surface area contributed by atoms with Gasteiger partial charge in [-0.15, -0.1) is 0 Å². The summed E-state index contributed by atoms with van der Waals surface area (Å²) in [5, 5.41) is 2.85. The number of anilines is 1. The van der Waals surface area contributed by atoms with Gasteiger partial charge in [-0.25, -0.2) is 15.0 Å². The van der Waals surface area contributed by atoms with Crippen molar-refractivity contribution in [2.45, 2.75) is 20.8 Å². The van der Waals surface area contributed by atoms with E-state index in [1.165, 1.54) is 18.3 Å². The van der Waals surface area contributed by atoms with Crippen LogP contribution in [-0.2, 0) is 0 Å². The third-order valence-corrected chi connectivity index (χ3v) is 4.87. The Morgan fingerprint density at radius 2 is 1.74 bits per heavy atom. The molecule has 0 saturated carbocycles. The van der Waals surface area contributed by atoms with E-state index in [1.54, 1.807) is 12.3 Å². The summed E-state index contributed by atoms with van der Waals surface area (Å²) in [5.41, 5.74) is 11.4. The van der Waals surface area contributed by atoms with E-state index >= 15 is 0 Å². The van der Waals surface area contributed by atoms with Gasteiger partial charge in [-0.1, -0.05) is 0 Å². The normalized spacial score (nSPS) is 10.8. The molecule has 0 saturated heterocycles. The molecule has 0 unspecified atom stereocenters. The number of hydrogen-bond donors (Lipinski definition) is 2. The van der Waals surface area contributed by atoms with Gasteiger partial charge in [0.2, 0.25) is 0 Å². The molecule has 8 heteroatoms. The van der Waals surface area contributed by atoms with Crippen molar-refractivity contribution < 1.29 is 9.59 Å². The van der Waals surface area contributed by atoms with Crippen molar-refractivity contribution in [3.63, 3.8) is 0 Å². The quantitative estimate of drug-likeness (QED) is 0.530. The second kappa shape index (κ2) is 7.91. The molecule has 0 bridgehead atoms. The van der Waals surface area contributed by atoms with Crippen molar-refractivity contribution in [3.05, 3.63) is 76.9 Å². The van der Waals surface area contributed by atoms with Crippen LogP contribution in [0.2, 0.25) is 0 Å². The average molecular weight is 412 g/mol. The molecule has 4 aromatic rings. The number of benzene rings is 1. The zero-order valence-electron chi connectivity index (χ0n) is 17.3. The van der Waals surface area contributed by atoms with Gasteiger partial charge in [0.15, 0.2) is 5.82 Å². The van der Waals surface area contributed by atoms with E-state index in [9.17, 15) is 9.59 Å². The SMILES string of the molecule is Cc1cc(C)c2nc(-c3ccc(NC(=O)c4ccnc(C(N)=O)c4)c(C)c3)ncc2n1. The standard InChI is InChI=1S/C23H20N6O2/c1-12-9-15(22-26-11-19-20(29-22)13(2)8-14(3)27-19)4-5-17(12)28-23(31)16-6-7-25-18(10-16)21(24)30/h4-11H,1-3H3,(H2,24,30)(H,28,31). The second-order valence-corrected chi connectivity index (χ2v) is 7.29. The molecular weight excluding hydrogens is 392 g/mol. The molecule has 31 heavy (non-hydrogen) atoms. The maximum absolute atomic E-state index is 12.6. The summed E-state index contributed by atoms with van der Waals surface area (Å²) in [6, 6.07) is 10.4. The van der Waals surface area contributed by atoms with Gasteiger partial charge < -0.3 is 11.1 Å². The smallest absolute Gasteiger partial charge is 0.267 e.